The maximum absolute atomic E-state index is 12.4. The monoisotopic (exact) mass is 295 g/mol. The highest BCUT2D eigenvalue weighted by atomic mass is 32.2. The minimum Gasteiger partial charge on any atom is -0.208 e. The molecule has 4 heteroatoms. The Hall–Kier alpha value is -1.13. The first-order valence-electron chi connectivity index (χ1n) is 7.05. The van der Waals surface area contributed by atoms with Gasteiger partial charge in [-0.3, -0.25) is 0 Å². The van der Waals surface area contributed by atoms with Crippen LogP contribution < -0.4 is 4.72 Å². The molecule has 1 aromatic rings. The molecule has 0 radical (unpaired) electrons. The number of aryl methyl sites for hydroxylation is 1. The highest BCUT2D eigenvalue weighted by Gasteiger charge is 2.20. The molecule has 112 valence electrons. The van der Waals surface area contributed by atoms with Crippen LogP contribution in [0.1, 0.15) is 38.7 Å². The zero-order valence-corrected chi connectivity index (χ0v) is 13.4. The standard InChI is InChI=1S/C16H25NO2S/c1-5-6-7-15(12-13(2)3)17-20(18,19)16-10-8-14(4)9-11-16/h5,8-11,13,15,17H,1,6-7,12H2,2-4H3. The van der Waals surface area contributed by atoms with Gasteiger partial charge in [-0.2, -0.15) is 0 Å². The SMILES string of the molecule is C=CCCC(CC(C)C)NS(=O)(=O)c1ccc(C)cc1. The summed E-state index contributed by atoms with van der Waals surface area (Å²) in [5, 5.41) is 0. The second kappa shape index (κ2) is 7.60. The second-order valence-corrected chi connectivity index (χ2v) is 7.34. The molecule has 0 aromatic heterocycles. The van der Waals surface area contributed by atoms with Crippen molar-refractivity contribution in [1.82, 2.24) is 4.72 Å². The number of benzene rings is 1. The van der Waals surface area contributed by atoms with E-state index < -0.39 is 10.0 Å². The summed E-state index contributed by atoms with van der Waals surface area (Å²) in [4.78, 5) is 0.329. The smallest absolute Gasteiger partial charge is 0.208 e. The molecule has 0 saturated heterocycles. The Labute approximate surface area is 123 Å². The average Bonchev–Trinajstić information content (AvgIpc) is 2.35. The molecule has 1 rings (SSSR count). The summed E-state index contributed by atoms with van der Waals surface area (Å²) in [6.45, 7) is 9.84. The van der Waals surface area contributed by atoms with Crippen LogP contribution in [0.2, 0.25) is 0 Å². The van der Waals surface area contributed by atoms with E-state index in [0.717, 1.165) is 24.8 Å². The highest BCUT2D eigenvalue weighted by Crippen LogP contribution is 2.15. The first-order chi connectivity index (χ1) is 9.35. The molecule has 0 bridgehead atoms. The van der Waals surface area contributed by atoms with Crippen LogP contribution >= 0.6 is 0 Å². The van der Waals surface area contributed by atoms with Gasteiger partial charge in [0.05, 0.1) is 4.90 Å². The van der Waals surface area contributed by atoms with Crippen molar-refractivity contribution in [2.45, 2.75) is 51.0 Å². The van der Waals surface area contributed by atoms with Gasteiger partial charge in [-0.15, -0.1) is 6.58 Å². The lowest BCUT2D eigenvalue weighted by Gasteiger charge is -2.20. The van der Waals surface area contributed by atoms with Crippen molar-refractivity contribution in [1.29, 1.82) is 0 Å². The van der Waals surface area contributed by atoms with Gasteiger partial charge in [-0.25, -0.2) is 13.1 Å². The number of nitrogens with one attached hydrogen (secondary N) is 1. The summed E-state index contributed by atoms with van der Waals surface area (Å²) < 4.78 is 27.5. The summed E-state index contributed by atoms with van der Waals surface area (Å²) >= 11 is 0. The molecule has 0 heterocycles. The quantitative estimate of drug-likeness (QED) is 0.744. The Kier molecular flexibility index (Phi) is 6.43. The van der Waals surface area contributed by atoms with Gasteiger partial charge in [0.25, 0.3) is 0 Å². The lowest BCUT2D eigenvalue weighted by Crippen LogP contribution is -2.35. The zero-order valence-electron chi connectivity index (χ0n) is 12.6. The lowest BCUT2D eigenvalue weighted by atomic mass is 10.0. The largest absolute Gasteiger partial charge is 0.240 e. The van der Waals surface area contributed by atoms with E-state index in [1.807, 2.05) is 25.1 Å². The summed E-state index contributed by atoms with van der Waals surface area (Å²) in [6.07, 6.45) is 4.26. The molecule has 0 saturated carbocycles. The van der Waals surface area contributed by atoms with E-state index in [9.17, 15) is 8.42 Å². The maximum atomic E-state index is 12.4. The summed E-state index contributed by atoms with van der Waals surface area (Å²) in [7, 11) is -3.44. The molecule has 0 aliphatic carbocycles. The Bertz CT molecular complexity index is 518. The molecule has 1 atom stereocenters. The Morgan fingerprint density at radius 1 is 1.25 bits per heavy atom. The van der Waals surface area contributed by atoms with Gasteiger partial charge in [0.15, 0.2) is 0 Å². The molecule has 20 heavy (non-hydrogen) atoms. The number of hydrogen-bond donors (Lipinski definition) is 1. The van der Waals surface area contributed by atoms with Gasteiger partial charge in [-0.1, -0.05) is 37.6 Å². The maximum Gasteiger partial charge on any atom is 0.240 e. The lowest BCUT2D eigenvalue weighted by molar-refractivity contribution is 0.441. The fourth-order valence-electron chi connectivity index (χ4n) is 2.12. The van der Waals surface area contributed by atoms with Crippen LogP contribution in [-0.2, 0) is 10.0 Å². The molecule has 3 nitrogen and oxygen atoms in total. The molecule has 1 unspecified atom stereocenters. The van der Waals surface area contributed by atoms with Crippen LogP contribution in [0.4, 0.5) is 0 Å². The fourth-order valence-corrected chi connectivity index (χ4v) is 3.40. The molecule has 1 N–H and O–H groups in total. The Morgan fingerprint density at radius 2 is 1.85 bits per heavy atom. The Morgan fingerprint density at radius 3 is 2.35 bits per heavy atom. The van der Waals surface area contributed by atoms with Crippen LogP contribution in [-0.4, -0.2) is 14.5 Å². The van der Waals surface area contributed by atoms with Gasteiger partial charge < -0.3 is 0 Å². The molecular weight excluding hydrogens is 270 g/mol. The van der Waals surface area contributed by atoms with Crippen molar-refractivity contribution >= 4 is 10.0 Å². The van der Waals surface area contributed by atoms with E-state index in [2.05, 4.69) is 25.1 Å². The molecule has 0 amide bonds. The molecule has 0 aliphatic heterocycles. The first-order valence-corrected chi connectivity index (χ1v) is 8.53. The minimum absolute atomic E-state index is 0.0423. The van der Waals surface area contributed by atoms with Crippen LogP contribution in [0.5, 0.6) is 0 Å². The van der Waals surface area contributed by atoms with E-state index in [0.29, 0.717) is 10.8 Å². The average molecular weight is 295 g/mol. The van der Waals surface area contributed by atoms with Crippen molar-refractivity contribution in [2.24, 2.45) is 5.92 Å². The highest BCUT2D eigenvalue weighted by molar-refractivity contribution is 7.89. The summed E-state index contributed by atoms with van der Waals surface area (Å²) in [5.74, 6) is 0.450. The van der Waals surface area contributed by atoms with Crippen LogP contribution in [0, 0.1) is 12.8 Å². The van der Waals surface area contributed by atoms with E-state index in [-0.39, 0.29) is 6.04 Å². The molecule has 0 fully saturated rings. The first kappa shape index (κ1) is 16.9. The molecule has 0 spiro atoms. The summed E-state index contributed by atoms with van der Waals surface area (Å²) in [5.41, 5.74) is 1.05. The molecule has 0 aliphatic rings. The van der Waals surface area contributed by atoms with Gasteiger partial charge >= 0.3 is 0 Å². The van der Waals surface area contributed by atoms with Crippen molar-refractivity contribution in [3.63, 3.8) is 0 Å². The third-order valence-corrected chi connectivity index (χ3v) is 4.66. The minimum atomic E-state index is -3.44. The van der Waals surface area contributed by atoms with E-state index in [1.165, 1.54) is 0 Å². The predicted molar refractivity (Wildman–Crippen MR) is 84.2 cm³/mol. The van der Waals surface area contributed by atoms with E-state index in [4.69, 9.17) is 0 Å². The topological polar surface area (TPSA) is 46.2 Å². The van der Waals surface area contributed by atoms with Crippen LogP contribution in [0.15, 0.2) is 41.8 Å². The normalized spacial score (nSPS) is 13.4. The van der Waals surface area contributed by atoms with Gasteiger partial charge in [0.1, 0.15) is 0 Å². The molecule has 1 aromatic carbocycles. The van der Waals surface area contributed by atoms with Crippen LogP contribution in [0.25, 0.3) is 0 Å². The fraction of sp³-hybridized carbons (Fsp3) is 0.500. The second-order valence-electron chi connectivity index (χ2n) is 5.63. The van der Waals surface area contributed by atoms with Crippen molar-refractivity contribution in [2.75, 3.05) is 0 Å². The Balaban J connectivity index is 2.84. The summed E-state index contributed by atoms with van der Waals surface area (Å²) in [6, 6.07) is 6.89. The van der Waals surface area contributed by atoms with Gasteiger partial charge in [0.2, 0.25) is 10.0 Å². The van der Waals surface area contributed by atoms with Crippen molar-refractivity contribution in [3.8, 4) is 0 Å². The predicted octanol–water partition coefficient (Wildman–Crippen LogP) is 3.65. The molecular formula is C16H25NO2S. The van der Waals surface area contributed by atoms with Gasteiger partial charge in [0, 0.05) is 6.04 Å². The van der Waals surface area contributed by atoms with E-state index >= 15 is 0 Å². The number of rotatable bonds is 8. The zero-order chi connectivity index (χ0) is 15.2. The third-order valence-electron chi connectivity index (χ3n) is 3.13. The van der Waals surface area contributed by atoms with E-state index in [1.54, 1.807) is 12.1 Å². The number of hydrogen-bond acceptors (Lipinski definition) is 2. The van der Waals surface area contributed by atoms with Crippen molar-refractivity contribution < 1.29 is 8.42 Å². The number of sulfonamides is 1. The van der Waals surface area contributed by atoms with Crippen LogP contribution in [0.3, 0.4) is 0 Å². The van der Waals surface area contributed by atoms with Crippen molar-refractivity contribution in [3.05, 3.63) is 42.5 Å². The third kappa shape index (κ3) is 5.47. The van der Waals surface area contributed by atoms with Gasteiger partial charge in [-0.05, 0) is 44.2 Å². The number of allylic oxidation sites excluding steroid dienone is 1.